The quantitative estimate of drug-likeness (QED) is 0.739. The summed E-state index contributed by atoms with van der Waals surface area (Å²) in [6.45, 7) is 9.54. The average Bonchev–Trinajstić information content (AvgIpc) is 3.11. The van der Waals surface area contributed by atoms with Crippen LogP contribution in [0.2, 0.25) is 0 Å². The molecule has 2 aromatic carbocycles. The summed E-state index contributed by atoms with van der Waals surface area (Å²) in [6, 6.07) is 16.7. The minimum atomic E-state index is -0.0132. The highest BCUT2D eigenvalue weighted by atomic mass is 32.2. The summed E-state index contributed by atoms with van der Waals surface area (Å²) in [7, 11) is 0. The molecule has 1 saturated heterocycles. The Morgan fingerprint density at radius 2 is 1.85 bits per heavy atom. The van der Waals surface area contributed by atoms with Gasteiger partial charge in [0, 0.05) is 18.0 Å². The predicted molar refractivity (Wildman–Crippen MR) is 112 cm³/mol. The van der Waals surface area contributed by atoms with E-state index in [1.807, 2.05) is 34.9 Å². The van der Waals surface area contributed by atoms with Crippen molar-refractivity contribution in [3.63, 3.8) is 0 Å². The molecule has 2 amide bonds. The van der Waals surface area contributed by atoms with Crippen molar-refractivity contribution in [1.29, 1.82) is 0 Å². The van der Waals surface area contributed by atoms with E-state index in [0.29, 0.717) is 0 Å². The van der Waals surface area contributed by atoms with Crippen molar-refractivity contribution < 1.29 is 4.79 Å². The lowest BCUT2D eigenvalue weighted by atomic mass is 9.87. The van der Waals surface area contributed by atoms with Gasteiger partial charge < -0.3 is 10.2 Å². The highest BCUT2D eigenvalue weighted by molar-refractivity contribution is 7.99. The van der Waals surface area contributed by atoms with Gasteiger partial charge in [-0.2, -0.15) is 0 Å². The second-order valence-electron chi connectivity index (χ2n) is 7.73. The Morgan fingerprint density at radius 1 is 1.15 bits per heavy atom. The summed E-state index contributed by atoms with van der Waals surface area (Å²) in [6.07, 6.45) is 0.906. The Hall–Kier alpha value is -1.94. The monoisotopic (exact) mass is 368 g/mol. The van der Waals surface area contributed by atoms with E-state index >= 15 is 0 Å². The predicted octanol–water partition coefficient (Wildman–Crippen LogP) is 5.83. The summed E-state index contributed by atoms with van der Waals surface area (Å²) in [5.41, 5.74) is 4.73. The number of hydrogen-bond donors (Lipinski definition) is 1. The van der Waals surface area contributed by atoms with Gasteiger partial charge in [-0.05, 0) is 34.6 Å². The molecule has 1 aliphatic heterocycles. The van der Waals surface area contributed by atoms with Crippen molar-refractivity contribution in [2.24, 2.45) is 0 Å². The zero-order chi connectivity index (χ0) is 18.7. The van der Waals surface area contributed by atoms with Gasteiger partial charge in [-0.15, -0.1) is 11.8 Å². The summed E-state index contributed by atoms with van der Waals surface area (Å²) >= 11 is 1.83. The van der Waals surface area contributed by atoms with E-state index < -0.39 is 0 Å². The molecule has 0 saturated carbocycles. The number of hydrogen-bond acceptors (Lipinski definition) is 2. The van der Waals surface area contributed by atoms with Crippen LogP contribution in [-0.2, 0) is 11.8 Å². The van der Waals surface area contributed by atoms with E-state index in [2.05, 4.69) is 63.3 Å². The molecule has 1 N–H and O–H groups in total. The number of anilines is 1. The average molecular weight is 369 g/mol. The summed E-state index contributed by atoms with van der Waals surface area (Å²) in [5, 5.41) is 3.19. The Kier molecular flexibility index (Phi) is 5.61. The van der Waals surface area contributed by atoms with E-state index in [1.165, 1.54) is 16.7 Å². The van der Waals surface area contributed by atoms with Crippen molar-refractivity contribution in [3.8, 4) is 0 Å². The minimum Gasteiger partial charge on any atom is -0.308 e. The van der Waals surface area contributed by atoms with E-state index in [9.17, 15) is 4.79 Å². The number of amides is 2. The molecule has 3 nitrogen and oxygen atoms in total. The molecule has 1 heterocycles. The standard InChI is InChI=1S/C22H28N2OS/c1-5-16-8-6-7-9-19(16)23-21(25)24-14-15-26-20(24)17-10-12-18(13-11-17)22(2,3)4/h6-13,20H,5,14-15H2,1-4H3,(H,23,25)/t20-/m0/s1. The van der Waals surface area contributed by atoms with Crippen molar-refractivity contribution >= 4 is 23.5 Å². The SMILES string of the molecule is CCc1ccccc1NC(=O)N1CCS[C@H]1c1ccc(C(C)(C)C)cc1. The lowest BCUT2D eigenvalue weighted by Gasteiger charge is -2.26. The van der Waals surface area contributed by atoms with Gasteiger partial charge in [0.2, 0.25) is 0 Å². The molecule has 1 fully saturated rings. The highest BCUT2D eigenvalue weighted by Crippen LogP contribution is 2.39. The second-order valence-corrected chi connectivity index (χ2v) is 8.92. The molecule has 1 aliphatic rings. The van der Waals surface area contributed by atoms with Gasteiger partial charge in [-0.25, -0.2) is 4.79 Å². The number of carbonyl (C=O) groups excluding carboxylic acids is 1. The number of carbonyl (C=O) groups is 1. The summed E-state index contributed by atoms with van der Waals surface area (Å²) in [5.74, 6) is 0.967. The highest BCUT2D eigenvalue weighted by Gasteiger charge is 2.31. The molecule has 0 radical (unpaired) electrons. The number of para-hydroxylation sites is 1. The van der Waals surface area contributed by atoms with Crippen molar-refractivity contribution in [1.82, 2.24) is 4.90 Å². The number of aryl methyl sites for hydroxylation is 1. The first-order valence-electron chi connectivity index (χ1n) is 9.27. The van der Waals surface area contributed by atoms with Crippen LogP contribution in [0.15, 0.2) is 48.5 Å². The Labute approximate surface area is 161 Å². The first-order valence-corrected chi connectivity index (χ1v) is 10.3. The van der Waals surface area contributed by atoms with Gasteiger partial charge >= 0.3 is 6.03 Å². The van der Waals surface area contributed by atoms with Gasteiger partial charge in [0.1, 0.15) is 5.37 Å². The molecule has 3 rings (SSSR count). The fraction of sp³-hybridized carbons (Fsp3) is 0.409. The first-order chi connectivity index (χ1) is 12.4. The molecule has 2 aromatic rings. The third-order valence-corrected chi connectivity index (χ3v) is 6.11. The second kappa shape index (κ2) is 7.75. The van der Waals surface area contributed by atoms with Gasteiger partial charge in [0.15, 0.2) is 0 Å². The van der Waals surface area contributed by atoms with Crippen LogP contribution in [0.25, 0.3) is 0 Å². The Morgan fingerprint density at radius 3 is 2.50 bits per heavy atom. The van der Waals surface area contributed by atoms with Gasteiger partial charge in [-0.3, -0.25) is 0 Å². The number of nitrogens with zero attached hydrogens (tertiary/aromatic N) is 1. The van der Waals surface area contributed by atoms with Crippen molar-refractivity contribution in [3.05, 3.63) is 65.2 Å². The lowest BCUT2D eigenvalue weighted by Crippen LogP contribution is -2.34. The molecule has 0 unspecified atom stereocenters. The fourth-order valence-electron chi connectivity index (χ4n) is 3.24. The zero-order valence-electron chi connectivity index (χ0n) is 16.1. The zero-order valence-corrected chi connectivity index (χ0v) is 16.9. The topological polar surface area (TPSA) is 32.3 Å². The maximum atomic E-state index is 12.9. The van der Waals surface area contributed by atoms with E-state index in [4.69, 9.17) is 0 Å². The molecule has 138 valence electrons. The third-order valence-electron chi connectivity index (χ3n) is 4.85. The van der Waals surface area contributed by atoms with Crippen LogP contribution in [-0.4, -0.2) is 23.2 Å². The fourth-order valence-corrected chi connectivity index (χ4v) is 4.50. The van der Waals surface area contributed by atoms with Crippen LogP contribution in [0.4, 0.5) is 10.5 Å². The van der Waals surface area contributed by atoms with Gasteiger partial charge in [-0.1, -0.05) is 70.2 Å². The Balaban J connectivity index is 1.76. The number of benzene rings is 2. The molecule has 0 aliphatic carbocycles. The van der Waals surface area contributed by atoms with E-state index in [0.717, 1.165) is 24.4 Å². The Bertz CT molecular complexity index is 764. The molecular weight excluding hydrogens is 340 g/mol. The van der Waals surface area contributed by atoms with Gasteiger partial charge in [0.25, 0.3) is 0 Å². The molecular formula is C22H28N2OS. The van der Waals surface area contributed by atoms with Crippen LogP contribution in [0, 0.1) is 0 Å². The molecule has 4 heteroatoms. The maximum Gasteiger partial charge on any atom is 0.323 e. The third kappa shape index (κ3) is 4.07. The smallest absolute Gasteiger partial charge is 0.308 e. The lowest BCUT2D eigenvalue weighted by molar-refractivity contribution is 0.214. The number of thioether (sulfide) groups is 1. The molecule has 0 spiro atoms. The molecule has 26 heavy (non-hydrogen) atoms. The molecule has 0 bridgehead atoms. The van der Waals surface area contributed by atoms with Crippen LogP contribution in [0.3, 0.4) is 0 Å². The number of nitrogens with one attached hydrogen (secondary N) is 1. The summed E-state index contributed by atoms with van der Waals surface area (Å²) in [4.78, 5) is 14.8. The number of rotatable bonds is 3. The number of urea groups is 1. The van der Waals surface area contributed by atoms with E-state index in [-0.39, 0.29) is 16.8 Å². The minimum absolute atomic E-state index is 0.0132. The maximum absolute atomic E-state index is 12.9. The van der Waals surface area contributed by atoms with Gasteiger partial charge in [0.05, 0.1) is 0 Å². The van der Waals surface area contributed by atoms with Crippen LogP contribution >= 0.6 is 11.8 Å². The normalized spacial score (nSPS) is 17.4. The molecule has 0 aromatic heterocycles. The van der Waals surface area contributed by atoms with E-state index in [1.54, 1.807) is 0 Å². The van der Waals surface area contributed by atoms with Crippen LogP contribution in [0.5, 0.6) is 0 Å². The van der Waals surface area contributed by atoms with Crippen LogP contribution < -0.4 is 5.32 Å². The van der Waals surface area contributed by atoms with Crippen molar-refractivity contribution in [2.75, 3.05) is 17.6 Å². The first kappa shape index (κ1) is 18.8. The van der Waals surface area contributed by atoms with Crippen molar-refractivity contribution in [2.45, 2.75) is 44.9 Å². The largest absolute Gasteiger partial charge is 0.323 e. The summed E-state index contributed by atoms with van der Waals surface area (Å²) < 4.78 is 0. The molecule has 1 atom stereocenters. The van der Waals surface area contributed by atoms with Crippen LogP contribution in [0.1, 0.15) is 49.8 Å².